The van der Waals surface area contributed by atoms with Crippen LogP contribution in [0.25, 0.3) is 0 Å². The zero-order valence-electron chi connectivity index (χ0n) is 10.4. The number of halogens is 4. The van der Waals surface area contributed by atoms with Gasteiger partial charge in [0.15, 0.2) is 5.75 Å². The van der Waals surface area contributed by atoms with Crippen LogP contribution in [0.2, 0.25) is 5.02 Å². The molecule has 0 spiro atoms. The lowest BCUT2D eigenvalue weighted by molar-refractivity contribution is -0.0498. The van der Waals surface area contributed by atoms with E-state index < -0.39 is 6.61 Å². The van der Waals surface area contributed by atoms with Gasteiger partial charge in [0.05, 0.1) is 28.6 Å². The monoisotopic (exact) mass is 365 g/mol. The lowest BCUT2D eigenvalue weighted by Gasteiger charge is -2.14. The number of benzene rings is 1. The first kappa shape index (κ1) is 15.1. The van der Waals surface area contributed by atoms with Gasteiger partial charge in [0.1, 0.15) is 5.82 Å². The third-order valence-corrected chi connectivity index (χ3v) is 3.25. The van der Waals surface area contributed by atoms with Crippen molar-refractivity contribution in [3.05, 3.63) is 39.3 Å². The highest BCUT2D eigenvalue weighted by Gasteiger charge is 2.15. The first-order valence-corrected chi connectivity index (χ1v) is 6.81. The Morgan fingerprint density at radius 1 is 1.50 bits per heavy atom. The Morgan fingerprint density at radius 3 is 2.85 bits per heavy atom. The number of hydrogen-bond donors (Lipinski definition) is 2. The number of alkyl halides is 2. The molecule has 0 unspecified atom stereocenters. The Balaban J connectivity index is 2.20. The molecule has 2 rings (SSSR count). The molecule has 2 aromatic rings. The summed E-state index contributed by atoms with van der Waals surface area (Å²) < 4.78 is 29.7. The Hall–Kier alpha value is -1.34. The van der Waals surface area contributed by atoms with Gasteiger partial charge in [-0.25, -0.2) is 4.98 Å². The number of hydrogen-bond acceptors (Lipinski definition) is 3. The van der Waals surface area contributed by atoms with Crippen LogP contribution in [0.5, 0.6) is 5.75 Å². The molecular formula is C12H11BrClF2N3O. The second kappa shape index (κ2) is 6.41. The number of aromatic amines is 1. The summed E-state index contributed by atoms with van der Waals surface area (Å²) in [6, 6.07) is 3.01. The van der Waals surface area contributed by atoms with E-state index in [0.29, 0.717) is 21.7 Å². The van der Waals surface area contributed by atoms with Crippen molar-refractivity contribution in [3.63, 3.8) is 0 Å². The molecule has 0 fully saturated rings. The molecule has 0 aliphatic heterocycles. The highest BCUT2D eigenvalue weighted by atomic mass is 79.9. The molecule has 0 aliphatic carbocycles. The maximum absolute atomic E-state index is 12.4. The number of H-pyrrole nitrogens is 1. The first-order chi connectivity index (χ1) is 9.45. The number of imidazole rings is 1. The van der Waals surface area contributed by atoms with Gasteiger partial charge in [-0.05, 0) is 35.0 Å². The van der Waals surface area contributed by atoms with Gasteiger partial charge in [-0.2, -0.15) is 8.78 Å². The highest BCUT2D eigenvalue weighted by molar-refractivity contribution is 9.10. The summed E-state index contributed by atoms with van der Waals surface area (Å²) in [5.41, 5.74) is 1.19. The zero-order chi connectivity index (χ0) is 14.7. The van der Waals surface area contributed by atoms with E-state index >= 15 is 0 Å². The van der Waals surface area contributed by atoms with Gasteiger partial charge in [-0.15, -0.1) is 0 Å². The fraction of sp³-hybridized carbons (Fsp3) is 0.250. The van der Waals surface area contributed by atoms with Gasteiger partial charge in [0.25, 0.3) is 0 Å². The lowest BCUT2D eigenvalue weighted by Crippen LogP contribution is -2.07. The highest BCUT2D eigenvalue weighted by Crippen LogP contribution is 2.37. The maximum Gasteiger partial charge on any atom is 0.387 e. The maximum atomic E-state index is 12.4. The van der Waals surface area contributed by atoms with Crippen LogP contribution in [0, 0.1) is 6.92 Å². The summed E-state index contributed by atoms with van der Waals surface area (Å²) in [5, 5.41) is 3.39. The van der Waals surface area contributed by atoms with Crippen molar-refractivity contribution in [3.8, 4) is 5.75 Å². The minimum atomic E-state index is -2.91. The van der Waals surface area contributed by atoms with Crippen LogP contribution >= 0.6 is 27.5 Å². The van der Waals surface area contributed by atoms with Gasteiger partial charge < -0.3 is 15.0 Å². The van der Waals surface area contributed by atoms with Gasteiger partial charge in [0.2, 0.25) is 0 Å². The second-order valence-electron chi connectivity index (χ2n) is 3.99. The van der Waals surface area contributed by atoms with Gasteiger partial charge in [-0.3, -0.25) is 0 Å². The quantitative estimate of drug-likeness (QED) is 0.827. The van der Waals surface area contributed by atoms with E-state index in [1.54, 1.807) is 6.20 Å². The van der Waals surface area contributed by atoms with Crippen molar-refractivity contribution in [1.29, 1.82) is 0 Å². The standard InChI is InChI=1S/C12H11BrClF2N3O/c1-6-17-4-8(19-6)5-18-10-3-7(14)2-9(13)11(10)20-12(15)16/h2-4,12,18H,5H2,1H3,(H,17,19). The van der Waals surface area contributed by atoms with Crippen molar-refractivity contribution in [2.24, 2.45) is 0 Å². The van der Waals surface area contributed by atoms with Crippen LogP contribution in [-0.4, -0.2) is 16.6 Å². The lowest BCUT2D eigenvalue weighted by atomic mass is 10.3. The van der Waals surface area contributed by atoms with Gasteiger partial charge in [0, 0.05) is 5.02 Å². The second-order valence-corrected chi connectivity index (χ2v) is 5.28. The molecule has 108 valence electrons. The van der Waals surface area contributed by atoms with E-state index in [1.807, 2.05) is 6.92 Å². The van der Waals surface area contributed by atoms with E-state index in [2.05, 4.69) is 36.0 Å². The molecule has 4 nitrogen and oxygen atoms in total. The van der Waals surface area contributed by atoms with Crippen molar-refractivity contribution in [2.45, 2.75) is 20.1 Å². The summed E-state index contributed by atoms with van der Waals surface area (Å²) in [4.78, 5) is 7.08. The van der Waals surface area contributed by atoms with Crippen LogP contribution in [0.4, 0.5) is 14.5 Å². The number of aryl methyl sites for hydroxylation is 1. The zero-order valence-corrected chi connectivity index (χ0v) is 12.7. The topological polar surface area (TPSA) is 49.9 Å². The Labute approximate surface area is 127 Å². The summed E-state index contributed by atoms with van der Waals surface area (Å²) in [5.74, 6) is 0.791. The summed E-state index contributed by atoms with van der Waals surface area (Å²) in [7, 11) is 0. The summed E-state index contributed by atoms with van der Waals surface area (Å²) in [6.45, 7) is -0.708. The van der Waals surface area contributed by atoms with E-state index in [9.17, 15) is 8.78 Å². The molecule has 0 bridgehead atoms. The van der Waals surface area contributed by atoms with E-state index in [0.717, 1.165) is 11.5 Å². The number of nitrogens with one attached hydrogen (secondary N) is 2. The third-order valence-electron chi connectivity index (χ3n) is 2.44. The van der Waals surface area contributed by atoms with E-state index in [1.165, 1.54) is 12.1 Å². The number of anilines is 1. The van der Waals surface area contributed by atoms with E-state index in [-0.39, 0.29) is 5.75 Å². The minimum Gasteiger partial charge on any atom is -0.431 e. The first-order valence-electron chi connectivity index (χ1n) is 5.64. The summed E-state index contributed by atoms with van der Waals surface area (Å²) in [6.07, 6.45) is 1.66. The molecule has 1 aromatic carbocycles. The molecule has 0 saturated carbocycles. The SMILES string of the molecule is Cc1ncc(CNc2cc(Cl)cc(Br)c2OC(F)F)[nH]1. The van der Waals surface area contributed by atoms with Gasteiger partial charge in [-0.1, -0.05) is 11.6 Å². The molecule has 0 atom stereocenters. The molecule has 8 heteroatoms. The largest absolute Gasteiger partial charge is 0.431 e. The van der Waals surface area contributed by atoms with Gasteiger partial charge >= 0.3 is 6.61 Å². The Kier molecular flexibility index (Phi) is 4.82. The fourth-order valence-electron chi connectivity index (χ4n) is 1.65. The molecule has 0 saturated heterocycles. The van der Waals surface area contributed by atoms with E-state index in [4.69, 9.17) is 11.6 Å². The average Bonchev–Trinajstić information content (AvgIpc) is 2.76. The molecule has 1 aromatic heterocycles. The van der Waals surface area contributed by atoms with Crippen LogP contribution < -0.4 is 10.1 Å². The molecule has 0 aliphatic rings. The Bertz CT molecular complexity index is 606. The molecule has 1 heterocycles. The molecule has 20 heavy (non-hydrogen) atoms. The van der Waals surface area contributed by atoms with Crippen molar-refractivity contribution in [2.75, 3.05) is 5.32 Å². The van der Waals surface area contributed by atoms with Crippen LogP contribution in [0.3, 0.4) is 0 Å². The Morgan fingerprint density at radius 2 is 2.25 bits per heavy atom. The number of ether oxygens (including phenoxy) is 1. The predicted molar refractivity (Wildman–Crippen MR) is 76.4 cm³/mol. The molecule has 0 amide bonds. The third kappa shape index (κ3) is 3.83. The smallest absolute Gasteiger partial charge is 0.387 e. The summed E-state index contributed by atoms with van der Waals surface area (Å²) >= 11 is 9.07. The molecule has 0 radical (unpaired) electrons. The fourth-order valence-corrected chi connectivity index (χ4v) is 2.56. The molecular weight excluding hydrogens is 356 g/mol. The van der Waals surface area contributed by atoms with Crippen LogP contribution in [0.1, 0.15) is 11.5 Å². The molecule has 2 N–H and O–H groups in total. The van der Waals surface area contributed by atoms with Crippen molar-refractivity contribution < 1.29 is 13.5 Å². The minimum absolute atomic E-state index is 0.0145. The number of aromatic nitrogens is 2. The predicted octanol–water partition coefficient (Wildman–Crippen LogP) is 4.35. The number of nitrogens with zero attached hydrogens (tertiary/aromatic N) is 1. The average molecular weight is 367 g/mol. The van der Waals surface area contributed by atoms with Crippen LogP contribution in [0.15, 0.2) is 22.8 Å². The number of rotatable bonds is 5. The normalized spacial score (nSPS) is 10.9. The van der Waals surface area contributed by atoms with Crippen molar-refractivity contribution in [1.82, 2.24) is 9.97 Å². The van der Waals surface area contributed by atoms with Crippen LogP contribution in [-0.2, 0) is 6.54 Å². The van der Waals surface area contributed by atoms with Crippen molar-refractivity contribution >= 4 is 33.2 Å².